The molecule has 3 unspecified atom stereocenters. The zero-order valence-electron chi connectivity index (χ0n) is 12.0. The molecule has 0 aromatic carbocycles. The zero-order chi connectivity index (χ0) is 14.8. The van der Waals surface area contributed by atoms with E-state index in [1.54, 1.807) is 12.1 Å². The van der Waals surface area contributed by atoms with Crippen LogP contribution >= 0.6 is 0 Å². The van der Waals surface area contributed by atoms with Crippen LogP contribution in [0.4, 0.5) is 0 Å². The summed E-state index contributed by atoms with van der Waals surface area (Å²) >= 11 is 0. The lowest BCUT2D eigenvalue weighted by molar-refractivity contribution is -0.0277. The maximum atomic E-state index is 11.3. The highest BCUT2D eigenvalue weighted by Gasteiger charge is 2.39. The van der Waals surface area contributed by atoms with Crippen molar-refractivity contribution in [3.8, 4) is 0 Å². The first-order chi connectivity index (χ1) is 9.46. The Hall–Kier alpha value is -1.37. The minimum atomic E-state index is -0.855. The van der Waals surface area contributed by atoms with Gasteiger partial charge in [0.15, 0.2) is 0 Å². The second-order valence-electron chi connectivity index (χ2n) is 5.16. The van der Waals surface area contributed by atoms with Gasteiger partial charge >= 0.3 is 5.97 Å². The number of carbonyl (C=O) groups is 1. The number of nitrogens with one attached hydrogen (secondary N) is 1. The summed E-state index contributed by atoms with van der Waals surface area (Å²) in [5.41, 5.74) is -0.855. The van der Waals surface area contributed by atoms with E-state index in [0.29, 0.717) is 25.3 Å². The summed E-state index contributed by atoms with van der Waals surface area (Å²) in [7, 11) is 1.31. The largest absolute Gasteiger partial charge is 0.463 e. The van der Waals surface area contributed by atoms with E-state index in [4.69, 9.17) is 9.15 Å². The molecule has 0 radical (unpaired) electrons. The average Bonchev–Trinajstić information content (AvgIpc) is 3.04. The van der Waals surface area contributed by atoms with E-state index in [1.165, 1.54) is 7.11 Å². The summed E-state index contributed by atoms with van der Waals surface area (Å²) in [4.78, 5) is 11.3. The van der Waals surface area contributed by atoms with Crippen LogP contribution in [0, 0.1) is 0 Å². The number of furan rings is 1. The van der Waals surface area contributed by atoms with Crippen molar-refractivity contribution >= 4 is 5.97 Å². The van der Waals surface area contributed by atoms with Gasteiger partial charge in [-0.15, -0.1) is 0 Å². The van der Waals surface area contributed by atoms with Crippen molar-refractivity contribution in [2.24, 2.45) is 0 Å². The van der Waals surface area contributed by atoms with Crippen molar-refractivity contribution in [1.29, 1.82) is 0 Å². The molecule has 0 amide bonds. The van der Waals surface area contributed by atoms with Crippen LogP contribution in [0.15, 0.2) is 16.5 Å². The van der Waals surface area contributed by atoms with E-state index >= 15 is 0 Å². The molecule has 0 saturated carbocycles. The predicted octanol–water partition coefficient (Wildman–Crippen LogP) is 1.26. The minimum absolute atomic E-state index is 0.120. The number of hydrogen-bond donors (Lipinski definition) is 2. The number of carbonyl (C=O) groups excluding carboxylic acids is 1. The summed E-state index contributed by atoms with van der Waals surface area (Å²) in [6.45, 7) is 4.75. The molecule has 0 spiro atoms. The number of methoxy groups -OCH3 is 1. The Morgan fingerprint density at radius 3 is 3.00 bits per heavy atom. The summed E-state index contributed by atoms with van der Waals surface area (Å²) in [6, 6.07) is 3.18. The van der Waals surface area contributed by atoms with Crippen molar-refractivity contribution < 1.29 is 23.8 Å². The molecular weight excluding hydrogens is 262 g/mol. The van der Waals surface area contributed by atoms with Gasteiger partial charge in [0.1, 0.15) is 11.4 Å². The molecule has 1 aliphatic rings. The molecule has 3 atom stereocenters. The fourth-order valence-corrected chi connectivity index (χ4v) is 2.23. The standard InChI is InChI=1S/C14H21NO5/c1-9(11-4-5-12(20-11)13(16)18-3)15-8-14(17)6-7-19-10(14)2/h4-5,9-10,15,17H,6-8H2,1-3H3. The topological polar surface area (TPSA) is 80.9 Å². The lowest BCUT2D eigenvalue weighted by Crippen LogP contribution is -2.46. The first-order valence-electron chi connectivity index (χ1n) is 6.71. The third-order valence-electron chi connectivity index (χ3n) is 3.81. The van der Waals surface area contributed by atoms with E-state index in [2.05, 4.69) is 10.1 Å². The van der Waals surface area contributed by atoms with Gasteiger partial charge in [-0.05, 0) is 26.0 Å². The summed E-state index contributed by atoms with van der Waals surface area (Å²) in [5.74, 6) is 0.299. The smallest absolute Gasteiger partial charge is 0.373 e. The van der Waals surface area contributed by atoms with Crippen molar-refractivity contribution in [2.45, 2.75) is 38.0 Å². The van der Waals surface area contributed by atoms with Gasteiger partial charge in [0.05, 0.1) is 19.3 Å². The van der Waals surface area contributed by atoms with Gasteiger partial charge < -0.3 is 24.3 Å². The van der Waals surface area contributed by atoms with Crippen LogP contribution < -0.4 is 5.32 Å². The van der Waals surface area contributed by atoms with Crippen LogP contribution in [0.3, 0.4) is 0 Å². The highest BCUT2D eigenvalue weighted by atomic mass is 16.5. The van der Waals surface area contributed by atoms with Crippen LogP contribution in [0.5, 0.6) is 0 Å². The second kappa shape index (κ2) is 5.95. The van der Waals surface area contributed by atoms with Gasteiger partial charge in [-0.25, -0.2) is 4.79 Å². The van der Waals surface area contributed by atoms with Gasteiger partial charge in [-0.3, -0.25) is 0 Å². The number of hydrogen-bond acceptors (Lipinski definition) is 6. The molecule has 112 valence electrons. The number of ether oxygens (including phenoxy) is 2. The maximum Gasteiger partial charge on any atom is 0.373 e. The average molecular weight is 283 g/mol. The van der Waals surface area contributed by atoms with Crippen LogP contribution in [-0.2, 0) is 9.47 Å². The molecular formula is C14H21NO5. The molecule has 20 heavy (non-hydrogen) atoms. The SMILES string of the molecule is COC(=O)c1ccc(C(C)NCC2(O)CCOC2C)o1. The highest BCUT2D eigenvalue weighted by Crippen LogP contribution is 2.26. The highest BCUT2D eigenvalue weighted by molar-refractivity contribution is 5.86. The molecule has 0 aliphatic carbocycles. The van der Waals surface area contributed by atoms with Crippen LogP contribution in [-0.4, -0.2) is 43.0 Å². The first kappa shape index (κ1) is 15.0. The van der Waals surface area contributed by atoms with Crippen molar-refractivity contribution in [3.63, 3.8) is 0 Å². The van der Waals surface area contributed by atoms with Crippen molar-refractivity contribution in [3.05, 3.63) is 23.7 Å². The molecule has 0 bridgehead atoms. The Labute approximate surface area is 118 Å². The Kier molecular flexibility index (Phi) is 4.47. The normalized spacial score (nSPS) is 27.5. The molecule has 2 N–H and O–H groups in total. The first-order valence-corrected chi connectivity index (χ1v) is 6.71. The Morgan fingerprint density at radius 2 is 2.40 bits per heavy atom. The Balaban J connectivity index is 1.93. The monoisotopic (exact) mass is 283 g/mol. The molecule has 1 aliphatic heterocycles. The second-order valence-corrected chi connectivity index (χ2v) is 5.16. The predicted molar refractivity (Wildman–Crippen MR) is 71.4 cm³/mol. The van der Waals surface area contributed by atoms with E-state index in [9.17, 15) is 9.90 Å². The van der Waals surface area contributed by atoms with Crippen molar-refractivity contribution in [1.82, 2.24) is 5.32 Å². The third-order valence-corrected chi connectivity index (χ3v) is 3.81. The molecule has 1 aromatic heterocycles. The minimum Gasteiger partial charge on any atom is -0.463 e. The van der Waals surface area contributed by atoms with Gasteiger partial charge in [-0.2, -0.15) is 0 Å². The summed E-state index contributed by atoms with van der Waals surface area (Å²) in [6.07, 6.45) is 0.420. The molecule has 1 saturated heterocycles. The van der Waals surface area contributed by atoms with Gasteiger partial charge in [0.25, 0.3) is 0 Å². The van der Waals surface area contributed by atoms with E-state index < -0.39 is 11.6 Å². The zero-order valence-corrected chi connectivity index (χ0v) is 12.0. The van der Waals surface area contributed by atoms with Gasteiger partial charge in [0.2, 0.25) is 5.76 Å². The van der Waals surface area contributed by atoms with Crippen LogP contribution in [0.2, 0.25) is 0 Å². The summed E-state index contributed by atoms with van der Waals surface area (Å²) < 4.78 is 15.4. The molecule has 1 aromatic rings. The van der Waals surface area contributed by atoms with Crippen LogP contribution in [0.25, 0.3) is 0 Å². The van der Waals surface area contributed by atoms with Crippen LogP contribution in [0.1, 0.15) is 42.6 Å². The van der Waals surface area contributed by atoms with E-state index in [-0.39, 0.29) is 17.9 Å². The fraction of sp³-hybridized carbons (Fsp3) is 0.643. The summed E-state index contributed by atoms with van der Waals surface area (Å²) in [5, 5.41) is 13.6. The molecule has 2 rings (SSSR count). The number of rotatable bonds is 5. The Bertz CT molecular complexity index is 472. The van der Waals surface area contributed by atoms with E-state index in [1.807, 2.05) is 13.8 Å². The molecule has 6 nitrogen and oxygen atoms in total. The molecule has 1 fully saturated rings. The Morgan fingerprint density at radius 1 is 1.65 bits per heavy atom. The molecule has 2 heterocycles. The lowest BCUT2D eigenvalue weighted by Gasteiger charge is -2.27. The lowest BCUT2D eigenvalue weighted by atomic mass is 9.96. The quantitative estimate of drug-likeness (QED) is 0.792. The van der Waals surface area contributed by atoms with Gasteiger partial charge in [0, 0.05) is 19.6 Å². The third kappa shape index (κ3) is 3.03. The van der Waals surface area contributed by atoms with Crippen molar-refractivity contribution in [2.75, 3.05) is 20.3 Å². The van der Waals surface area contributed by atoms with E-state index in [0.717, 1.165) is 0 Å². The maximum absolute atomic E-state index is 11.3. The number of esters is 1. The number of aliphatic hydroxyl groups is 1. The fourth-order valence-electron chi connectivity index (χ4n) is 2.23. The molecule has 6 heteroatoms. The van der Waals surface area contributed by atoms with Gasteiger partial charge in [-0.1, -0.05) is 0 Å².